The molecule has 0 bridgehead atoms. The van der Waals surface area contributed by atoms with Gasteiger partial charge in [-0.25, -0.2) is 4.98 Å². The molecule has 0 fully saturated rings. The summed E-state index contributed by atoms with van der Waals surface area (Å²) in [5.41, 5.74) is 0.906. The minimum absolute atomic E-state index is 0.573. The summed E-state index contributed by atoms with van der Waals surface area (Å²) in [5.74, 6) is 2.81. The summed E-state index contributed by atoms with van der Waals surface area (Å²) >= 11 is 6.92. The molecule has 2 rings (SSSR count). The van der Waals surface area contributed by atoms with Crippen LogP contribution in [0, 0.1) is 13.8 Å². The third kappa shape index (κ3) is 4.17. The fourth-order valence-corrected chi connectivity index (χ4v) is 2.91. The van der Waals surface area contributed by atoms with Gasteiger partial charge in [0.15, 0.2) is 0 Å². The molecule has 0 aliphatic carbocycles. The average Bonchev–Trinajstić information content (AvgIpc) is 2.43. The Morgan fingerprint density at radius 1 is 1.19 bits per heavy atom. The smallest absolute Gasteiger partial charge is 0.227 e. The van der Waals surface area contributed by atoms with Gasteiger partial charge in [0.1, 0.15) is 17.4 Å². The van der Waals surface area contributed by atoms with E-state index in [4.69, 9.17) is 4.74 Å². The van der Waals surface area contributed by atoms with Gasteiger partial charge >= 0.3 is 0 Å². The molecule has 0 atom stereocenters. The Hall–Kier alpha value is -1.14. The third-order valence-corrected chi connectivity index (χ3v) is 3.97. The van der Waals surface area contributed by atoms with Crippen molar-refractivity contribution in [3.8, 4) is 11.6 Å². The van der Waals surface area contributed by atoms with Crippen LogP contribution in [0.1, 0.15) is 24.7 Å². The molecule has 0 amide bonds. The van der Waals surface area contributed by atoms with Crippen LogP contribution < -0.4 is 10.1 Å². The zero-order valence-electron chi connectivity index (χ0n) is 12.2. The van der Waals surface area contributed by atoms with Crippen molar-refractivity contribution in [3.63, 3.8) is 0 Å². The summed E-state index contributed by atoms with van der Waals surface area (Å²) in [4.78, 5) is 8.82. The Bertz CT molecular complexity index is 647. The van der Waals surface area contributed by atoms with Crippen LogP contribution in [0.15, 0.2) is 27.1 Å². The van der Waals surface area contributed by atoms with Crippen LogP contribution in [0.5, 0.6) is 11.6 Å². The van der Waals surface area contributed by atoms with Crippen molar-refractivity contribution < 1.29 is 4.74 Å². The minimum atomic E-state index is 0.573. The molecule has 0 unspecified atom stereocenters. The van der Waals surface area contributed by atoms with E-state index in [2.05, 4.69) is 54.1 Å². The first kappa shape index (κ1) is 16.2. The van der Waals surface area contributed by atoms with Crippen molar-refractivity contribution in [2.24, 2.45) is 0 Å². The molecule has 0 aliphatic heterocycles. The Kier molecular flexibility index (Phi) is 5.58. The molecule has 1 aromatic carbocycles. The molecule has 1 aromatic heterocycles. The summed E-state index contributed by atoms with van der Waals surface area (Å²) < 4.78 is 7.80. The third-order valence-electron chi connectivity index (χ3n) is 2.86. The molecule has 0 saturated carbocycles. The zero-order valence-corrected chi connectivity index (χ0v) is 15.4. The molecule has 0 spiro atoms. The van der Waals surface area contributed by atoms with Gasteiger partial charge in [-0.1, -0.05) is 22.9 Å². The lowest BCUT2D eigenvalue weighted by molar-refractivity contribution is 0.453. The molecule has 0 saturated heterocycles. The molecule has 6 heteroatoms. The van der Waals surface area contributed by atoms with E-state index in [1.807, 2.05) is 32.0 Å². The summed E-state index contributed by atoms with van der Waals surface area (Å²) in [6.07, 6.45) is 1.04. The van der Waals surface area contributed by atoms with E-state index in [1.54, 1.807) is 0 Å². The lowest BCUT2D eigenvalue weighted by Crippen LogP contribution is -2.07. The molecule has 2 aromatic rings. The van der Waals surface area contributed by atoms with Crippen molar-refractivity contribution in [1.82, 2.24) is 9.97 Å². The lowest BCUT2D eigenvalue weighted by atomic mass is 10.3. The fourth-order valence-electron chi connectivity index (χ4n) is 1.78. The number of rotatable bonds is 5. The topological polar surface area (TPSA) is 47.0 Å². The Balaban J connectivity index is 2.32. The summed E-state index contributed by atoms with van der Waals surface area (Å²) in [6.45, 7) is 6.81. The number of benzene rings is 1. The SMILES string of the molecule is CCCNc1nc(C)nc(Oc2ccc(Br)cc2Br)c1C. The highest BCUT2D eigenvalue weighted by Crippen LogP contribution is 2.33. The number of aromatic nitrogens is 2. The summed E-state index contributed by atoms with van der Waals surface area (Å²) in [6, 6.07) is 5.76. The van der Waals surface area contributed by atoms with E-state index in [9.17, 15) is 0 Å². The van der Waals surface area contributed by atoms with Gasteiger partial charge in [-0.15, -0.1) is 0 Å². The quantitative estimate of drug-likeness (QED) is 0.727. The minimum Gasteiger partial charge on any atom is -0.437 e. The van der Waals surface area contributed by atoms with Gasteiger partial charge < -0.3 is 10.1 Å². The summed E-state index contributed by atoms with van der Waals surface area (Å²) in [7, 11) is 0. The second kappa shape index (κ2) is 7.22. The highest BCUT2D eigenvalue weighted by atomic mass is 79.9. The van der Waals surface area contributed by atoms with Crippen LogP contribution in [0.4, 0.5) is 5.82 Å². The number of hydrogen-bond donors (Lipinski definition) is 1. The first-order chi connectivity index (χ1) is 10.0. The zero-order chi connectivity index (χ0) is 15.4. The second-order valence-corrected chi connectivity index (χ2v) is 6.42. The molecule has 1 heterocycles. The van der Waals surface area contributed by atoms with Gasteiger partial charge in [0, 0.05) is 11.0 Å². The lowest BCUT2D eigenvalue weighted by Gasteiger charge is -2.14. The maximum Gasteiger partial charge on any atom is 0.227 e. The van der Waals surface area contributed by atoms with E-state index in [1.165, 1.54) is 0 Å². The molecular formula is C15H17Br2N3O. The van der Waals surface area contributed by atoms with Crippen LogP contribution in [0.25, 0.3) is 0 Å². The summed E-state index contributed by atoms with van der Waals surface area (Å²) in [5, 5.41) is 3.30. The number of halogens is 2. The number of aryl methyl sites for hydroxylation is 1. The van der Waals surface area contributed by atoms with Gasteiger partial charge in [-0.3, -0.25) is 0 Å². The largest absolute Gasteiger partial charge is 0.437 e. The van der Waals surface area contributed by atoms with Crippen molar-refractivity contribution in [2.75, 3.05) is 11.9 Å². The van der Waals surface area contributed by atoms with E-state index in [0.29, 0.717) is 11.7 Å². The maximum absolute atomic E-state index is 5.94. The van der Waals surface area contributed by atoms with Crippen molar-refractivity contribution in [3.05, 3.63) is 38.5 Å². The van der Waals surface area contributed by atoms with Crippen LogP contribution in [0.3, 0.4) is 0 Å². The average molecular weight is 415 g/mol. The predicted molar refractivity (Wildman–Crippen MR) is 92.2 cm³/mol. The normalized spacial score (nSPS) is 10.5. The van der Waals surface area contributed by atoms with Crippen LogP contribution in [-0.2, 0) is 0 Å². The van der Waals surface area contributed by atoms with Crippen molar-refractivity contribution in [1.29, 1.82) is 0 Å². The Morgan fingerprint density at radius 2 is 1.95 bits per heavy atom. The van der Waals surface area contributed by atoms with Crippen LogP contribution >= 0.6 is 31.9 Å². The van der Waals surface area contributed by atoms with E-state index in [0.717, 1.165) is 39.0 Å². The van der Waals surface area contributed by atoms with E-state index >= 15 is 0 Å². The van der Waals surface area contributed by atoms with Gasteiger partial charge in [-0.2, -0.15) is 4.98 Å². The first-order valence-electron chi connectivity index (χ1n) is 6.73. The highest BCUT2D eigenvalue weighted by Gasteiger charge is 2.12. The molecule has 112 valence electrons. The van der Waals surface area contributed by atoms with Gasteiger partial charge in [-0.05, 0) is 54.4 Å². The van der Waals surface area contributed by atoms with Crippen molar-refractivity contribution in [2.45, 2.75) is 27.2 Å². The van der Waals surface area contributed by atoms with Crippen LogP contribution in [0.2, 0.25) is 0 Å². The number of ether oxygens (including phenoxy) is 1. The molecule has 21 heavy (non-hydrogen) atoms. The van der Waals surface area contributed by atoms with Gasteiger partial charge in [0.05, 0.1) is 10.0 Å². The van der Waals surface area contributed by atoms with Gasteiger partial charge in [0.25, 0.3) is 0 Å². The standard InChI is InChI=1S/C15H17Br2N3O/c1-4-7-18-14-9(2)15(20-10(3)19-14)21-13-6-5-11(16)8-12(13)17/h5-6,8H,4,7H2,1-3H3,(H,18,19,20). The molecule has 4 nitrogen and oxygen atoms in total. The monoisotopic (exact) mass is 413 g/mol. The molecule has 0 aliphatic rings. The molecular weight excluding hydrogens is 398 g/mol. The maximum atomic E-state index is 5.94. The van der Waals surface area contributed by atoms with E-state index < -0.39 is 0 Å². The molecule has 0 radical (unpaired) electrons. The highest BCUT2D eigenvalue weighted by molar-refractivity contribution is 9.11. The predicted octanol–water partition coefficient (Wildman–Crippen LogP) is 5.23. The fraction of sp³-hybridized carbons (Fsp3) is 0.333. The Morgan fingerprint density at radius 3 is 2.62 bits per heavy atom. The van der Waals surface area contributed by atoms with E-state index in [-0.39, 0.29) is 0 Å². The number of nitrogens with one attached hydrogen (secondary N) is 1. The van der Waals surface area contributed by atoms with Gasteiger partial charge in [0.2, 0.25) is 5.88 Å². The molecule has 1 N–H and O–H groups in total. The van der Waals surface area contributed by atoms with Crippen molar-refractivity contribution >= 4 is 37.7 Å². The number of anilines is 1. The Labute approximate surface area is 141 Å². The second-order valence-electron chi connectivity index (χ2n) is 4.65. The first-order valence-corrected chi connectivity index (χ1v) is 8.32. The van der Waals surface area contributed by atoms with Crippen LogP contribution in [-0.4, -0.2) is 16.5 Å². The number of hydrogen-bond acceptors (Lipinski definition) is 4. The number of nitrogens with zero attached hydrogens (tertiary/aromatic N) is 2.